The molecule has 146 valence electrons. The summed E-state index contributed by atoms with van der Waals surface area (Å²) < 4.78 is 5.11. The minimum atomic E-state index is -0.280. The van der Waals surface area contributed by atoms with Crippen molar-refractivity contribution in [1.82, 2.24) is 0 Å². The van der Waals surface area contributed by atoms with Crippen LogP contribution in [-0.2, 0) is 4.79 Å². The van der Waals surface area contributed by atoms with Gasteiger partial charge in [-0.3, -0.25) is 9.59 Å². The number of nitrogens with one attached hydrogen (secondary N) is 2. The van der Waals surface area contributed by atoms with Gasteiger partial charge < -0.3 is 15.4 Å². The Morgan fingerprint density at radius 1 is 0.862 bits per heavy atom. The standard InChI is InChI=1S/C24H22N2O3/c1-17-5-3-7-20(15-17)26-24(28)19-6-4-8-21(16-19)25-23(27)14-11-18-9-12-22(29-2)13-10-18/h3-16H,1-2H3,(H,25,27)(H,26,28)/b14-11+. The van der Waals surface area contributed by atoms with Gasteiger partial charge in [0.1, 0.15) is 5.75 Å². The van der Waals surface area contributed by atoms with Crippen LogP contribution in [0.15, 0.2) is 78.9 Å². The maximum absolute atomic E-state index is 12.5. The molecule has 5 heteroatoms. The summed E-state index contributed by atoms with van der Waals surface area (Å²) in [5.74, 6) is 0.241. The summed E-state index contributed by atoms with van der Waals surface area (Å²) in [6, 6.07) is 21.8. The molecular formula is C24H22N2O3. The fourth-order valence-corrected chi connectivity index (χ4v) is 2.74. The van der Waals surface area contributed by atoms with Crippen LogP contribution in [-0.4, -0.2) is 18.9 Å². The molecule has 0 spiro atoms. The maximum atomic E-state index is 12.5. The second kappa shape index (κ2) is 9.37. The minimum Gasteiger partial charge on any atom is -0.497 e. The molecule has 0 aliphatic carbocycles. The SMILES string of the molecule is COc1ccc(/C=C/C(=O)Nc2cccc(C(=O)Nc3cccc(C)c3)c2)cc1. The van der Waals surface area contributed by atoms with E-state index in [4.69, 9.17) is 4.74 Å². The molecule has 3 aromatic rings. The third-order valence-electron chi connectivity index (χ3n) is 4.21. The molecule has 0 aliphatic heterocycles. The van der Waals surface area contributed by atoms with Crippen LogP contribution in [0.5, 0.6) is 5.75 Å². The quantitative estimate of drug-likeness (QED) is 0.592. The Labute approximate surface area is 170 Å². The second-order valence-corrected chi connectivity index (χ2v) is 6.50. The van der Waals surface area contributed by atoms with Crippen molar-refractivity contribution in [2.75, 3.05) is 17.7 Å². The first kappa shape index (κ1) is 19.9. The van der Waals surface area contributed by atoms with E-state index in [1.807, 2.05) is 55.5 Å². The zero-order valence-electron chi connectivity index (χ0n) is 16.3. The summed E-state index contributed by atoms with van der Waals surface area (Å²) >= 11 is 0. The number of hydrogen-bond acceptors (Lipinski definition) is 3. The number of carbonyl (C=O) groups excluding carboxylic acids is 2. The van der Waals surface area contributed by atoms with Crippen LogP contribution in [0.4, 0.5) is 11.4 Å². The molecule has 0 aliphatic rings. The second-order valence-electron chi connectivity index (χ2n) is 6.50. The van der Waals surface area contributed by atoms with Gasteiger partial charge in [-0.05, 0) is 66.6 Å². The fourth-order valence-electron chi connectivity index (χ4n) is 2.74. The molecule has 0 aromatic heterocycles. The number of amides is 2. The highest BCUT2D eigenvalue weighted by Gasteiger charge is 2.08. The van der Waals surface area contributed by atoms with E-state index < -0.39 is 0 Å². The third-order valence-corrected chi connectivity index (χ3v) is 4.21. The number of ether oxygens (including phenoxy) is 1. The predicted octanol–water partition coefficient (Wildman–Crippen LogP) is 4.91. The summed E-state index contributed by atoms with van der Waals surface area (Å²) in [4.78, 5) is 24.7. The first-order valence-electron chi connectivity index (χ1n) is 9.15. The van der Waals surface area contributed by atoms with Gasteiger partial charge in [0, 0.05) is 23.0 Å². The van der Waals surface area contributed by atoms with E-state index in [0.29, 0.717) is 11.3 Å². The lowest BCUT2D eigenvalue weighted by molar-refractivity contribution is -0.111. The number of anilines is 2. The van der Waals surface area contributed by atoms with Gasteiger partial charge in [-0.25, -0.2) is 0 Å². The molecule has 5 nitrogen and oxygen atoms in total. The zero-order chi connectivity index (χ0) is 20.6. The van der Waals surface area contributed by atoms with Gasteiger partial charge in [-0.2, -0.15) is 0 Å². The average Bonchev–Trinajstić information content (AvgIpc) is 2.73. The third kappa shape index (κ3) is 5.81. The molecule has 0 saturated heterocycles. The molecule has 0 saturated carbocycles. The van der Waals surface area contributed by atoms with Gasteiger partial charge in [-0.15, -0.1) is 0 Å². The van der Waals surface area contributed by atoms with Crippen LogP contribution in [0.3, 0.4) is 0 Å². The van der Waals surface area contributed by atoms with E-state index in [2.05, 4.69) is 10.6 Å². The van der Waals surface area contributed by atoms with Gasteiger partial charge >= 0.3 is 0 Å². The molecule has 2 N–H and O–H groups in total. The van der Waals surface area contributed by atoms with Crippen molar-refractivity contribution in [2.45, 2.75) is 6.92 Å². The fraction of sp³-hybridized carbons (Fsp3) is 0.0833. The number of hydrogen-bond donors (Lipinski definition) is 2. The first-order chi connectivity index (χ1) is 14.0. The Morgan fingerprint density at radius 2 is 1.55 bits per heavy atom. The molecule has 0 unspecified atom stereocenters. The van der Waals surface area contributed by atoms with Crippen molar-refractivity contribution >= 4 is 29.3 Å². The Morgan fingerprint density at radius 3 is 2.24 bits per heavy atom. The van der Waals surface area contributed by atoms with E-state index >= 15 is 0 Å². The Kier molecular flexibility index (Phi) is 6.43. The van der Waals surface area contributed by atoms with Crippen LogP contribution in [0.25, 0.3) is 6.08 Å². The minimum absolute atomic E-state index is 0.236. The van der Waals surface area contributed by atoms with Crippen molar-refractivity contribution in [3.8, 4) is 5.75 Å². The molecular weight excluding hydrogens is 364 g/mol. The summed E-state index contributed by atoms with van der Waals surface area (Å²) in [7, 11) is 1.60. The Hall–Kier alpha value is -3.86. The van der Waals surface area contributed by atoms with Gasteiger partial charge in [0.05, 0.1) is 7.11 Å². The summed E-state index contributed by atoms with van der Waals surface area (Å²) in [5, 5.41) is 5.63. The molecule has 0 radical (unpaired) electrons. The largest absolute Gasteiger partial charge is 0.497 e. The lowest BCUT2D eigenvalue weighted by atomic mass is 10.1. The average molecular weight is 386 g/mol. The molecule has 29 heavy (non-hydrogen) atoms. The van der Waals surface area contributed by atoms with Crippen LogP contribution in [0.2, 0.25) is 0 Å². The molecule has 0 heterocycles. The van der Waals surface area contributed by atoms with E-state index in [9.17, 15) is 9.59 Å². The van der Waals surface area contributed by atoms with Crippen molar-refractivity contribution < 1.29 is 14.3 Å². The van der Waals surface area contributed by atoms with E-state index in [-0.39, 0.29) is 11.8 Å². The molecule has 2 amide bonds. The van der Waals surface area contributed by atoms with Gasteiger partial charge in [-0.1, -0.05) is 30.3 Å². The molecule has 3 aromatic carbocycles. The van der Waals surface area contributed by atoms with Crippen LogP contribution >= 0.6 is 0 Å². The number of carbonyl (C=O) groups is 2. The van der Waals surface area contributed by atoms with Crippen molar-refractivity contribution in [3.63, 3.8) is 0 Å². The number of rotatable bonds is 6. The summed E-state index contributed by atoms with van der Waals surface area (Å²) in [5.41, 5.74) is 3.68. The molecule has 0 atom stereocenters. The Balaban J connectivity index is 1.63. The van der Waals surface area contributed by atoms with Crippen LogP contribution < -0.4 is 15.4 Å². The monoisotopic (exact) mass is 386 g/mol. The maximum Gasteiger partial charge on any atom is 0.255 e. The lowest BCUT2D eigenvalue weighted by Gasteiger charge is -2.08. The van der Waals surface area contributed by atoms with Gasteiger partial charge in [0.2, 0.25) is 5.91 Å². The number of benzene rings is 3. The summed E-state index contributed by atoms with van der Waals surface area (Å²) in [6.45, 7) is 1.96. The smallest absolute Gasteiger partial charge is 0.255 e. The predicted molar refractivity (Wildman–Crippen MR) is 116 cm³/mol. The van der Waals surface area contributed by atoms with Crippen molar-refractivity contribution in [2.24, 2.45) is 0 Å². The normalized spacial score (nSPS) is 10.6. The van der Waals surface area contributed by atoms with Crippen LogP contribution in [0, 0.1) is 6.92 Å². The molecule has 0 fully saturated rings. The zero-order valence-corrected chi connectivity index (χ0v) is 16.3. The van der Waals surface area contributed by atoms with E-state index in [1.54, 1.807) is 37.5 Å². The first-order valence-corrected chi connectivity index (χ1v) is 9.15. The number of aryl methyl sites for hydroxylation is 1. The van der Waals surface area contributed by atoms with Crippen LogP contribution in [0.1, 0.15) is 21.5 Å². The Bertz CT molecular complexity index is 1040. The molecule has 3 rings (SSSR count). The lowest BCUT2D eigenvalue weighted by Crippen LogP contribution is -2.13. The highest BCUT2D eigenvalue weighted by Crippen LogP contribution is 2.15. The van der Waals surface area contributed by atoms with E-state index in [0.717, 1.165) is 22.6 Å². The highest BCUT2D eigenvalue weighted by molar-refractivity contribution is 6.06. The van der Waals surface area contributed by atoms with Gasteiger partial charge in [0.25, 0.3) is 5.91 Å². The summed E-state index contributed by atoms with van der Waals surface area (Å²) in [6.07, 6.45) is 3.16. The van der Waals surface area contributed by atoms with Gasteiger partial charge in [0.15, 0.2) is 0 Å². The van der Waals surface area contributed by atoms with Crippen molar-refractivity contribution in [1.29, 1.82) is 0 Å². The highest BCUT2D eigenvalue weighted by atomic mass is 16.5. The van der Waals surface area contributed by atoms with Crippen molar-refractivity contribution in [3.05, 3.63) is 95.6 Å². The molecule has 0 bridgehead atoms. The van der Waals surface area contributed by atoms with E-state index in [1.165, 1.54) is 6.08 Å². The topological polar surface area (TPSA) is 67.4 Å². The number of methoxy groups -OCH3 is 1.